The van der Waals surface area contributed by atoms with Gasteiger partial charge in [0.05, 0.1) is 18.6 Å². The van der Waals surface area contributed by atoms with E-state index in [0.717, 1.165) is 16.3 Å². The van der Waals surface area contributed by atoms with Gasteiger partial charge in [-0.25, -0.2) is 0 Å². The maximum Gasteiger partial charge on any atom is 0.230 e. The van der Waals surface area contributed by atoms with E-state index in [9.17, 15) is 14.7 Å². The molecule has 5 nitrogen and oxygen atoms in total. The molecule has 2 aromatic carbocycles. The van der Waals surface area contributed by atoms with Crippen LogP contribution < -0.4 is 5.11 Å². The van der Waals surface area contributed by atoms with Crippen molar-refractivity contribution >= 4 is 22.6 Å². The number of amides is 1. The number of benzene rings is 2. The number of aliphatic carboxylic acids is 1. The van der Waals surface area contributed by atoms with Gasteiger partial charge in [0.15, 0.2) is 0 Å². The Labute approximate surface area is 144 Å². The molecular formula is C20H16NO4-. The number of ether oxygens (including phenoxy) is 1. The van der Waals surface area contributed by atoms with Crippen molar-refractivity contribution in [1.82, 2.24) is 4.90 Å². The van der Waals surface area contributed by atoms with Gasteiger partial charge in [0.1, 0.15) is 5.60 Å². The van der Waals surface area contributed by atoms with Crippen LogP contribution in [0.15, 0.2) is 54.6 Å². The first-order chi connectivity index (χ1) is 12.1. The van der Waals surface area contributed by atoms with E-state index in [2.05, 4.69) is 0 Å². The number of carboxylic acid groups (broad SMARTS) is 1. The average molecular weight is 334 g/mol. The van der Waals surface area contributed by atoms with E-state index in [0.29, 0.717) is 13.1 Å². The Balaban J connectivity index is 1.50. The van der Waals surface area contributed by atoms with E-state index < -0.39 is 29.5 Å². The van der Waals surface area contributed by atoms with E-state index in [1.54, 1.807) is 11.0 Å². The Morgan fingerprint density at radius 2 is 2.04 bits per heavy atom. The highest BCUT2D eigenvalue weighted by Crippen LogP contribution is 2.51. The van der Waals surface area contributed by atoms with Crippen molar-refractivity contribution < 1.29 is 19.4 Å². The Morgan fingerprint density at radius 1 is 1.24 bits per heavy atom. The Hall–Kier alpha value is -2.66. The SMILES string of the molecule is O=C([O-])[C@@H]1[C@@H]2C=C[C@@]3(CN(Cc4cccc5ccccc45)C(=O)[C@@H]13)O2. The maximum absolute atomic E-state index is 12.9. The lowest BCUT2D eigenvalue weighted by atomic mass is 9.77. The Bertz CT molecular complexity index is 931. The van der Waals surface area contributed by atoms with Crippen LogP contribution in [0.4, 0.5) is 0 Å². The van der Waals surface area contributed by atoms with Gasteiger partial charge in [-0.3, -0.25) is 4.79 Å². The van der Waals surface area contributed by atoms with Crippen molar-refractivity contribution in [3.8, 4) is 0 Å². The molecule has 2 fully saturated rings. The summed E-state index contributed by atoms with van der Waals surface area (Å²) in [5.74, 6) is -2.94. The molecule has 5 rings (SSSR count). The normalized spacial score (nSPS) is 32.6. The number of carbonyl (C=O) groups excluding carboxylic acids is 2. The monoisotopic (exact) mass is 334 g/mol. The van der Waals surface area contributed by atoms with Crippen LogP contribution in [0.25, 0.3) is 10.8 Å². The molecule has 126 valence electrons. The molecule has 0 N–H and O–H groups in total. The second-order valence-electron chi connectivity index (χ2n) is 7.05. The molecule has 2 saturated heterocycles. The van der Waals surface area contributed by atoms with Gasteiger partial charge in [0.2, 0.25) is 5.91 Å². The molecular weight excluding hydrogens is 318 g/mol. The zero-order valence-corrected chi connectivity index (χ0v) is 13.4. The summed E-state index contributed by atoms with van der Waals surface area (Å²) in [5.41, 5.74) is 0.239. The molecule has 2 bridgehead atoms. The topological polar surface area (TPSA) is 69.7 Å². The quantitative estimate of drug-likeness (QED) is 0.781. The molecule has 0 radical (unpaired) electrons. The van der Waals surface area contributed by atoms with Crippen molar-refractivity contribution in [3.63, 3.8) is 0 Å². The number of fused-ring (bicyclic) bond motifs is 2. The van der Waals surface area contributed by atoms with Crippen LogP contribution in [-0.4, -0.2) is 35.0 Å². The smallest absolute Gasteiger partial charge is 0.230 e. The molecule has 1 spiro atoms. The minimum Gasteiger partial charge on any atom is -0.550 e. The summed E-state index contributed by atoms with van der Waals surface area (Å²) in [5, 5.41) is 13.7. The third kappa shape index (κ3) is 1.93. The zero-order chi connectivity index (χ0) is 17.2. The van der Waals surface area contributed by atoms with Gasteiger partial charge >= 0.3 is 0 Å². The van der Waals surface area contributed by atoms with Gasteiger partial charge in [-0.15, -0.1) is 0 Å². The standard InChI is InChI=1S/C20H17NO4/c22-18-17-16(19(23)24)15-8-9-20(17,25-15)11-21(18)10-13-6-3-5-12-4-1-2-7-14(12)13/h1-9,15-17H,10-11H2,(H,23,24)/p-1/t15-,16+,17+,20-/m0/s1. The molecule has 0 aliphatic carbocycles. The van der Waals surface area contributed by atoms with Crippen molar-refractivity contribution in [2.45, 2.75) is 18.2 Å². The van der Waals surface area contributed by atoms with E-state index in [1.807, 2.05) is 48.5 Å². The number of carboxylic acids is 1. The fraction of sp³-hybridized carbons (Fsp3) is 0.300. The summed E-state index contributed by atoms with van der Waals surface area (Å²) in [6.45, 7) is 0.830. The lowest BCUT2D eigenvalue weighted by Gasteiger charge is -2.24. The van der Waals surface area contributed by atoms with E-state index in [1.165, 1.54) is 0 Å². The van der Waals surface area contributed by atoms with Crippen LogP contribution >= 0.6 is 0 Å². The summed E-state index contributed by atoms with van der Waals surface area (Å²) >= 11 is 0. The van der Waals surface area contributed by atoms with Gasteiger partial charge in [0, 0.05) is 18.4 Å². The number of hydrogen-bond acceptors (Lipinski definition) is 4. The van der Waals surface area contributed by atoms with Crippen molar-refractivity contribution in [2.75, 3.05) is 6.54 Å². The molecule has 1 amide bonds. The van der Waals surface area contributed by atoms with Crippen LogP contribution in [0.3, 0.4) is 0 Å². The Kier molecular flexibility index (Phi) is 2.89. The fourth-order valence-electron chi connectivity index (χ4n) is 4.62. The molecule has 4 atom stereocenters. The fourth-order valence-corrected chi connectivity index (χ4v) is 4.62. The van der Waals surface area contributed by atoms with Crippen molar-refractivity contribution in [2.24, 2.45) is 11.8 Å². The van der Waals surface area contributed by atoms with E-state index in [4.69, 9.17) is 4.74 Å². The lowest BCUT2D eigenvalue weighted by molar-refractivity contribution is -0.313. The molecule has 2 aromatic rings. The van der Waals surface area contributed by atoms with E-state index in [-0.39, 0.29) is 5.91 Å². The molecule has 3 aliphatic rings. The molecule has 5 heteroatoms. The number of hydrogen-bond donors (Lipinski definition) is 0. The van der Waals surface area contributed by atoms with Gasteiger partial charge in [-0.05, 0) is 16.3 Å². The van der Waals surface area contributed by atoms with E-state index >= 15 is 0 Å². The molecule has 0 unspecified atom stereocenters. The molecule has 0 saturated carbocycles. The highest BCUT2D eigenvalue weighted by molar-refractivity contribution is 5.91. The summed E-state index contributed by atoms with van der Waals surface area (Å²) in [6, 6.07) is 14.1. The largest absolute Gasteiger partial charge is 0.550 e. The van der Waals surface area contributed by atoms with Crippen LogP contribution in [0, 0.1) is 11.8 Å². The maximum atomic E-state index is 12.9. The highest BCUT2D eigenvalue weighted by atomic mass is 16.5. The highest BCUT2D eigenvalue weighted by Gasteiger charge is 2.65. The van der Waals surface area contributed by atoms with Gasteiger partial charge in [-0.2, -0.15) is 0 Å². The van der Waals surface area contributed by atoms with Crippen molar-refractivity contribution in [1.29, 1.82) is 0 Å². The number of likely N-dealkylation sites (tertiary alicyclic amines) is 1. The van der Waals surface area contributed by atoms with Crippen molar-refractivity contribution in [3.05, 3.63) is 60.2 Å². The van der Waals surface area contributed by atoms with Gasteiger partial charge < -0.3 is 19.5 Å². The van der Waals surface area contributed by atoms with Crippen LogP contribution in [-0.2, 0) is 20.9 Å². The van der Waals surface area contributed by atoms with Crippen LogP contribution in [0.1, 0.15) is 5.56 Å². The summed E-state index contributed by atoms with van der Waals surface area (Å²) in [7, 11) is 0. The number of carbonyl (C=O) groups is 2. The summed E-state index contributed by atoms with van der Waals surface area (Å²) in [6.07, 6.45) is 3.08. The molecule has 25 heavy (non-hydrogen) atoms. The molecule has 3 aliphatic heterocycles. The minimum absolute atomic E-state index is 0.158. The average Bonchev–Trinajstić information content (AvgIpc) is 3.24. The van der Waals surface area contributed by atoms with Gasteiger partial charge in [0.25, 0.3) is 0 Å². The number of nitrogens with zero attached hydrogens (tertiary/aromatic N) is 1. The second-order valence-corrected chi connectivity index (χ2v) is 7.05. The predicted molar refractivity (Wildman–Crippen MR) is 88.1 cm³/mol. The molecule has 0 aromatic heterocycles. The summed E-state index contributed by atoms with van der Waals surface area (Å²) in [4.78, 5) is 26.2. The Morgan fingerprint density at radius 3 is 2.88 bits per heavy atom. The molecule has 3 heterocycles. The van der Waals surface area contributed by atoms with Crippen LogP contribution in [0.5, 0.6) is 0 Å². The third-order valence-corrected chi connectivity index (χ3v) is 5.69. The minimum atomic E-state index is -1.21. The zero-order valence-electron chi connectivity index (χ0n) is 13.4. The summed E-state index contributed by atoms with van der Waals surface area (Å²) < 4.78 is 5.89. The first-order valence-corrected chi connectivity index (χ1v) is 8.42. The predicted octanol–water partition coefficient (Wildman–Crippen LogP) is 0.872. The lowest BCUT2D eigenvalue weighted by Crippen LogP contribution is -2.45. The second kappa shape index (κ2) is 4.92. The van der Waals surface area contributed by atoms with Crippen LogP contribution in [0.2, 0.25) is 0 Å². The third-order valence-electron chi connectivity index (χ3n) is 5.69. The first kappa shape index (κ1) is 14.7. The first-order valence-electron chi connectivity index (χ1n) is 8.42. The number of rotatable bonds is 3. The van der Waals surface area contributed by atoms with Gasteiger partial charge in [-0.1, -0.05) is 54.6 Å².